The quantitative estimate of drug-likeness (QED) is 0.361. The minimum absolute atomic E-state index is 0.267. The summed E-state index contributed by atoms with van der Waals surface area (Å²) in [4.78, 5) is 0. The molecular weight excluding hydrogens is 226 g/mol. The van der Waals surface area contributed by atoms with Crippen LogP contribution in [-0.4, -0.2) is 12.8 Å². The Morgan fingerprint density at radius 1 is 1.29 bits per heavy atom. The van der Waals surface area contributed by atoms with Gasteiger partial charge in [-0.25, -0.2) is 8.78 Å². The van der Waals surface area contributed by atoms with Crippen molar-refractivity contribution in [1.29, 1.82) is 0 Å². The van der Waals surface area contributed by atoms with Crippen LogP contribution in [0.4, 0.5) is 8.78 Å². The minimum Gasteiger partial charge on any atom is -0.488 e. The monoisotopic (exact) mass is 242 g/mol. The maximum atomic E-state index is 13.5. The molecule has 0 heterocycles. The molecule has 1 aromatic rings. The van der Waals surface area contributed by atoms with Gasteiger partial charge in [0.2, 0.25) is 0 Å². The van der Waals surface area contributed by atoms with Gasteiger partial charge in [0.05, 0.1) is 12.8 Å². The highest BCUT2D eigenvalue weighted by atomic mass is 19.1. The van der Waals surface area contributed by atoms with Crippen LogP contribution in [0.5, 0.6) is 5.75 Å². The molecule has 1 aromatic carbocycles. The number of hydrogen-bond acceptors (Lipinski definition) is 3. The van der Waals surface area contributed by atoms with E-state index in [9.17, 15) is 8.78 Å². The van der Waals surface area contributed by atoms with Crippen LogP contribution >= 0.6 is 0 Å². The van der Waals surface area contributed by atoms with Crippen molar-refractivity contribution in [2.45, 2.75) is 26.2 Å². The summed E-state index contributed by atoms with van der Waals surface area (Å²) in [5.74, 6) is 3.09. The van der Waals surface area contributed by atoms with Gasteiger partial charge < -0.3 is 10.6 Å². The average molecular weight is 242 g/mol. The van der Waals surface area contributed by atoms with Gasteiger partial charge in [0.15, 0.2) is 17.4 Å². The molecule has 5 heteroatoms. The van der Waals surface area contributed by atoms with Crippen molar-refractivity contribution in [3.63, 3.8) is 0 Å². The molecule has 0 fully saturated rings. The van der Waals surface area contributed by atoms with Gasteiger partial charge in [0.25, 0.3) is 0 Å². The van der Waals surface area contributed by atoms with Crippen molar-refractivity contribution in [3.8, 4) is 5.75 Å². The second-order valence-corrected chi connectivity index (χ2v) is 3.65. The SMILES string of the molecule is CCCCCOc1c(F)cc(C=NN)cc1F. The van der Waals surface area contributed by atoms with Crippen LogP contribution in [0, 0.1) is 11.6 Å². The van der Waals surface area contributed by atoms with E-state index in [4.69, 9.17) is 10.6 Å². The Kier molecular flexibility index (Phi) is 5.39. The minimum atomic E-state index is -0.739. The Hall–Kier alpha value is -1.65. The molecule has 0 aliphatic rings. The maximum absolute atomic E-state index is 13.5. The zero-order valence-electron chi connectivity index (χ0n) is 9.75. The highest BCUT2D eigenvalue weighted by molar-refractivity contribution is 5.79. The van der Waals surface area contributed by atoms with E-state index in [1.54, 1.807) is 0 Å². The molecule has 17 heavy (non-hydrogen) atoms. The summed E-state index contributed by atoms with van der Waals surface area (Å²) in [6, 6.07) is 2.27. The van der Waals surface area contributed by atoms with Gasteiger partial charge in [0, 0.05) is 5.56 Å². The summed E-state index contributed by atoms with van der Waals surface area (Å²) >= 11 is 0. The van der Waals surface area contributed by atoms with E-state index in [2.05, 4.69) is 5.10 Å². The lowest BCUT2D eigenvalue weighted by atomic mass is 10.2. The van der Waals surface area contributed by atoms with E-state index in [1.165, 1.54) is 6.21 Å². The van der Waals surface area contributed by atoms with E-state index in [0.29, 0.717) is 6.61 Å². The molecule has 0 spiro atoms. The number of benzene rings is 1. The van der Waals surface area contributed by atoms with Gasteiger partial charge in [-0.15, -0.1) is 0 Å². The summed E-state index contributed by atoms with van der Waals surface area (Å²) in [5, 5.41) is 3.21. The van der Waals surface area contributed by atoms with E-state index in [-0.39, 0.29) is 11.3 Å². The Bertz CT molecular complexity index is 371. The van der Waals surface area contributed by atoms with E-state index >= 15 is 0 Å². The van der Waals surface area contributed by atoms with E-state index in [1.807, 2.05) is 6.92 Å². The first-order chi connectivity index (χ1) is 8.19. The van der Waals surface area contributed by atoms with Gasteiger partial charge in [-0.3, -0.25) is 0 Å². The molecule has 0 atom stereocenters. The smallest absolute Gasteiger partial charge is 0.190 e. The first kappa shape index (κ1) is 13.4. The number of hydrazone groups is 1. The first-order valence-corrected chi connectivity index (χ1v) is 5.54. The van der Waals surface area contributed by atoms with Crippen LogP contribution in [0.3, 0.4) is 0 Å². The second kappa shape index (κ2) is 6.83. The third-order valence-electron chi connectivity index (χ3n) is 2.24. The molecule has 2 N–H and O–H groups in total. The van der Waals surface area contributed by atoms with Crippen molar-refractivity contribution < 1.29 is 13.5 Å². The molecule has 0 aromatic heterocycles. The molecule has 94 valence electrons. The fourth-order valence-corrected chi connectivity index (χ4v) is 1.40. The van der Waals surface area contributed by atoms with Crippen LogP contribution in [0.1, 0.15) is 31.7 Å². The Morgan fingerprint density at radius 2 is 1.94 bits per heavy atom. The zero-order chi connectivity index (χ0) is 12.7. The fraction of sp³-hybridized carbons (Fsp3) is 0.417. The van der Waals surface area contributed by atoms with Gasteiger partial charge in [-0.05, 0) is 18.6 Å². The summed E-state index contributed by atoms with van der Waals surface area (Å²) < 4.78 is 32.0. The van der Waals surface area contributed by atoms with Crippen LogP contribution in [0.25, 0.3) is 0 Å². The first-order valence-electron chi connectivity index (χ1n) is 5.54. The lowest BCUT2D eigenvalue weighted by Gasteiger charge is -2.08. The van der Waals surface area contributed by atoms with Gasteiger partial charge in [-0.1, -0.05) is 19.8 Å². The van der Waals surface area contributed by atoms with Crippen LogP contribution in [0.2, 0.25) is 0 Å². The van der Waals surface area contributed by atoms with Crippen molar-refractivity contribution in [3.05, 3.63) is 29.3 Å². The van der Waals surface area contributed by atoms with Crippen molar-refractivity contribution in [2.24, 2.45) is 10.9 Å². The molecule has 0 saturated heterocycles. The summed E-state index contributed by atoms with van der Waals surface area (Å²) in [5.41, 5.74) is 0.267. The highest BCUT2D eigenvalue weighted by Gasteiger charge is 2.11. The molecular formula is C12H16F2N2O. The number of halogens is 2. The molecule has 0 aliphatic heterocycles. The normalized spacial score (nSPS) is 11.0. The van der Waals surface area contributed by atoms with Crippen LogP contribution in [0.15, 0.2) is 17.2 Å². The Balaban J connectivity index is 2.72. The Morgan fingerprint density at radius 3 is 2.47 bits per heavy atom. The molecule has 0 radical (unpaired) electrons. The summed E-state index contributed by atoms with van der Waals surface area (Å²) in [6.45, 7) is 2.36. The third kappa shape index (κ3) is 4.01. The number of unbranched alkanes of at least 4 members (excludes halogenated alkanes) is 2. The largest absolute Gasteiger partial charge is 0.488 e. The average Bonchev–Trinajstić information content (AvgIpc) is 2.27. The van der Waals surface area contributed by atoms with Crippen LogP contribution in [-0.2, 0) is 0 Å². The molecule has 0 amide bonds. The van der Waals surface area contributed by atoms with Crippen LogP contribution < -0.4 is 10.6 Å². The van der Waals surface area contributed by atoms with Gasteiger partial charge in [0.1, 0.15) is 0 Å². The standard InChI is InChI=1S/C12H16F2N2O/c1-2-3-4-5-17-12-10(13)6-9(8-16-15)7-11(12)14/h6-8H,2-5,15H2,1H3. The molecule has 0 saturated carbocycles. The molecule has 3 nitrogen and oxygen atoms in total. The second-order valence-electron chi connectivity index (χ2n) is 3.65. The lowest BCUT2D eigenvalue weighted by molar-refractivity contribution is 0.276. The Labute approximate surface area is 99.3 Å². The molecule has 0 unspecified atom stereocenters. The zero-order valence-corrected chi connectivity index (χ0v) is 9.75. The molecule has 0 bridgehead atoms. The maximum Gasteiger partial charge on any atom is 0.190 e. The summed E-state index contributed by atoms with van der Waals surface area (Å²) in [6.07, 6.45) is 3.95. The van der Waals surface area contributed by atoms with Crippen molar-refractivity contribution in [2.75, 3.05) is 6.61 Å². The lowest BCUT2D eigenvalue weighted by Crippen LogP contribution is -2.02. The topological polar surface area (TPSA) is 47.6 Å². The third-order valence-corrected chi connectivity index (χ3v) is 2.24. The number of rotatable bonds is 6. The van der Waals surface area contributed by atoms with Gasteiger partial charge in [-0.2, -0.15) is 5.10 Å². The van der Waals surface area contributed by atoms with Crippen molar-refractivity contribution >= 4 is 6.21 Å². The van der Waals surface area contributed by atoms with Crippen molar-refractivity contribution in [1.82, 2.24) is 0 Å². The predicted molar refractivity (Wildman–Crippen MR) is 63.2 cm³/mol. The number of nitrogens with zero attached hydrogens (tertiary/aromatic N) is 1. The van der Waals surface area contributed by atoms with Gasteiger partial charge >= 0.3 is 0 Å². The number of ether oxygens (including phenoxy) is 1. The molecule has 0 aliphatic carbocycles. The number of hydrogen-bond donors (Lipinski definition) is 1. The molecule has 1 rings (SSSR count). The van der Waals surface area contributed by atoms with E-state index < -0.39 is 11.6 Å². The summed E-state index contributed by atoms with van der Waals surface area (Å²) in [7, 11) is 0. The van der Waals surface area contributed by atoms with E-state index in [0.717, 1.165) is 31.4 Å². The predicted octanol–water partition coefficient (Wildman–Crippen LogP) is 2.83. The fourth-order valence-electron chi connectivity index (χ4n) is 1.40. The highest BCUT2D eigenvalue weighted by Crippen LogP contribution is 2.23. The number of nitrogens with two attached hydrogens (primary N) is 1.